The molecule has 1 aliphatic carbocycles. The molecule has 0 radical (unpaired) electrons. The van der Waals surface area contributed by atoms with Crippen molar-refractivity contribution in [3.63, 3.8) is 0 Å². The number of ether oxygens (including phenoxy) is 1. The summed E-state index contributed by atoms with van der Waals surface area (Å²) >= 11 is 0. The maximum Gasteiger partial charge on any atom is 0.407 e. The Labute approximate surface area is 171 Å². The molecule has 29 heavy (non-hydrogen) atoms. The van der Waals surface area contributed by atoms with Gasteiger partial charge in [-0.25, -0.2) is 4.79 Å². The molecule has 7 heteroatoms. The van der Waals surface area contributed by atoms with E-state index in [1.165, 1.54) is 32.1 Å². The van der Waals surface area contributed by atoms with Gasteiger partial charge < -0.3 is 15.0 Å². The third-order valence-corrected chi connectivity index (χ3v) is 6.28. The quantitative estimate of drug-likeness (QED) is 0.744. The fraction of sp³-hybridized carbons (Fsp3) is 0.591. The summed E-state index contributed by atoms with van der Waals surface area (Å²) in [4.78, 5) is 37.5. The van der Waals surface area contributed by atoms with E-state index < -0.39 is 0 Å². The number of carbonyl (C=O) groups excluding carboxylic acids is 3. The number of anilines is 1. The van der Waals surface area contributed by atoms with Crippen LogP contribution in [0.2, 0.25) is 0 Å². The number of benzene rings is 1. The summed E-state index contributed by atoms with van der Waals surface area (Å²) in [6.45, 7) is 2.02. The van der Waals surface area contributed by atoms with Crippen molar-refractivity contribution in [3.8, 4) is 0 Å². The summed E-state index contributed by atoms with van der Waals surface area (Å²) < 4.78 is 5.40. The number of rotatable bonds is 5. The molecule has 2 heterocycles. The fourth-order valence-electron chi connectivity index (χ4n) is 4.47. The van der Waals surface area contributed by atoms with Gasteiger partial charge in [0.05, 0.1) is 18.6 Å². The van der Waals surface area contributed by atoms with Gasteiger partial charge in [-0.05, 0) is 42.9 Å². The van der Waals surface area contributed by atoms with E-state index in [2.05, 4.69) is 15.5 Å². The van der Waals surface area contributed by atoms with E-state index in [9.17, 15) is 14.4 Å². The Bertz CT molecular complexity index is 752. The lowest BCUT2D eigenvalue weighted by atomic mass is 9.90. The number of imide groups is 1. The highest BCUT2D eigenvalue weighted by Gasteiger charge is 2.30. The normalized spacial score (nSPS) is 23.3. The van der Waals surface area contributed by atoms with E-state index in [1.54, 1.807) is 0 Å². The topological polar surface area (TPSA) is 87.7 Å². The molecule has 0 aromatic heterocycles. The molecule has 2 aliphatic heterocycles. The second kappa shape index (κ2) is 8.84. The SMILES string of the molecule is O=C1CCC(c2ccc(N3CC(NC(=O)OCC4CCCCC4)C3)cc2)C(=O)N1. The van der Waals surface area contributed by atoms with Gasteiger partial charge >= 0.3 is 6.09 Å². The van der Waals surface area contributed by atoms with Crippen molar-refractivity contribution < 1.29 is 19.1 Å². The molecule has 3 aliphatic rings. The standard InChI is InChI=1S/C22H29N3O4/c26-20-11-10-19(21(27)24-20)16-6-8-18(9-7-16)25-12-17(13-25)23-22(28)29-14-15-4-2-1-3-5-15/h6-9,15,17,19H,1-5,10-14H2,(H,23,28)(H,24,26,27). The van der Waals surface area contributed by atoms with Crippen LogP contribution in [0.3, 0.4) is 0 Å². The van der Waals surface area contributed by atoms with Crippen LogP contribution in [0.15, 0.2) is 24.3 Å². The number of nitrogens with zero attached hydrogens (tertiary/aromatic N) is 1. The van der Waals surface area contributed by atoms with E-state index in [1.807, 2.05) is 24.3 Å². The van der Waals surface area contributed by atoms with Crippen LogP contribution in [0.4, 0.5) is 10.5 Å². The fourth-order valence-corrected chi connectivity index (χ4v) is 4.47. The van der Waals surface area contributed by atoms with E-state index in [-0.39, 0.29) is 29.9 Å². The lowest BCUT2D eigenvalue weighted by Crippen LogP contribution is -2.59. The molecule has 156 valence electrons. The number of amides is 3. The van der Waals surface area contributed by atoms with Crippen molar-refractivity contribution in [1.82, 2.24) is 10.6 Å². The van der Waals surface area contributed by atoms with E-state index in [0.717, 1.165) is 24.3 Å². The molecule has 3 amide bonds. The maximum atomic E-state index is 12.0. The van der Waals surface area contributed by atoms with Gasteiger partial charge in [0, 0.05) is 25.2 Å². The molecule has 1 aromatic rings. The van der Waals surface area contributed by atoms with Crippen molar-refractivity contribution in [2.24, 2.45) is 5.92 Å². The van der Waals surface area contributed by atoms with Gasteiger partial charge in [0.25, 0.3) is 0 Å². The van der Waals surface area contributed by atoms with E-state index in [0.29, 0.717) is 25.4 Å². The smallest absolute Gasteiger partial charge is 0.407 e. The van der Waals surface area contributed by atoms with Crippen LogP contribution in [-0.4, -0.2) is 43.6 Å². The zero-order valence-corrected chi connectivity index (χ0v) is 16.7. The number of nitrogens with one attached hydrogen (secondary N) is 2. The van der Waals surface area contributed by atoms with Gasteiger partial charge in [0.1, 0.15) is 0 Å². The van der Waals surface area contributed by atoms with Crippen molar-refractivity contribution in [3.05, 3.63) is 29.8 Å². The lowest BCUT2D eigenvalue weighted by Gasteiger charge is -2.41. The van der Waals surface area contributed by atoms with Crippen molar-refractivity contribution in [1.29, 1.82) is 0 Å². The van der Waals surface area contributed by atoms with Crippen LogP contribution in [0.1, 0.15) is 56.4 Å². The van der Waals surface area contributed by atoms with Crippen LogP contribution in [0, 0.1) is 5.92 Å². The molecule has 0 bridgehead atoms. The highest BCUT2D eigenvalue weighted by Crippen LogP contribution is 2.28. The van der Waals surface area contributed by atoms with Crippen molar-refractivity contribution in [2.45, 2.75) is 56.9 Å². The van der Waals surface area contributed by atoms with Gasteiger partial charge in [-0.15, -0.1) is 0 Å². The highest BCUT2D eigenvalue weighted by molar-refractivity contribution is 6.00. The molecular formula is C22H29N3O4. The van der Waals surface area contributed by atoms with E-state index in [4.69, 9.17) is 4.74 Å². The van der Waals surface area contributed by atoms with E-state index >= 15 is 0 Å². The van der Waals surface area contributed by atoms with Gasteiger partial charge in [-0.1, -0.05) is 31.4 Å². The molecule has 7 nitrogen and oxygen atoms in total. The van der Waals surface area contributed by atoms with Crippen LogP contribution in [0.5, 0.6) is 0 Å². The maximum absolute atomic E-state index is 12.0. The predicted molar refractivity (Wildman–Crippen MR) is 109 cm³/mol. The first kappa shape index (κ1) is 19.7. The molecule has 2 saturated heterocycles. The molecular weight excluding hydrogens is 370 g/mol. The Morgan fingerprint density at radius 1 is 1.07 bits per heavy atom. The molecule has 0 spiro atoms. The first-order valence-corrected chi connectivity index (χ1v) is 10.7. The number of hydrogen-bond donors (Lipinski definition) is 2. The van der Waals surface area contributed by atoms with Crippen molar-refractivity contribution >= 4 is 23.6 Å². The molecule has 4 rings (SSSR count). The largest absolute Gasteiger partial charge is 0.449 e. The van der Waals surface area contributed by atoms with Gasteiger partial charge in [0.15, 0.2) is 0 Å². The molecule has 2 N–H and O–H groups in total. The third kappa shape index (κ3) is 4.89. The van der Waals surface area contributed by atoms with Crippen LogP contribution >= 0.6 is 0 Å². The zero-order chi connectivity index (χ0) is 20.2. The van der Waals surface area contributed by atoms with Gasteiger partial charge in [-0.3, -0.25) is 14.9 Å². The summed E-state index contributed by atoms with van der Waals surface area (Å²) in [5, 5.41) is 5.34. The molecule has 3 fully saturated rings. The predicted octanol–water partition coefficient (Wildman–Crippen LogP) is 2.70. The molecule has 1 unspecified atom stereocenters. The average molecular weight is 399 g/mol. The second-order valence-electron chi connectivity index (χ2n) is 8.44. The summed E-state index contributed by atoms with van der Waals surface area (Å²) in [7, 11) is 0. The van der Waals surface area contributed by atoms with Gasteiger partial charge in [0.2, 0.25) is 11.8 Å². The monoisotopic (exact) mass is 399 g/mol. The highest BCUT2D eigenvalue weighted by atomic mass is 16.5. The Morgan fingerprint density at radius 2 is 1.79 bits per heavy atom. The lowest BCUT2D eigenvalue weighted by molar-refractivity contribution is -0.134. The minimum Gasteiger partial charge on any atom is -0.449 e. The second-order valence-corrected chi connectivity index (χ2v) is 8.44. The minimum absolute atomic E-state index is 0.101. The van der Waals surface area contributed by atoms with Crippen LogP contribution in [0.25, 0.3) is 0 Å². The Hall–Kier alpha value is -2.57. The molecule has 1 saturated carbocycles. The Kier molecular flexibility index (Phi) is 6.02. The Balaban J connectivity index is 1.20. The van der Waals surface area contributed by atoms with Gasteiger partial charge in [-0.2, -0.15) is 0 Å². The number of alkyl carbamates (subject to hydrolysis) is 1. The number of carbonyl (C=O) groups is 3. The first-order chi connectivity index (χ1) is 14.1. The van der Waals surface area contributed by atoms with Crippen LogP contribution in [-0.2, 0) is 14.3 Å². The zero-order valence-electron chi connectivity index (χ0n) is 16.7. The summed E-state index contributed by atoms with van der Waals surface area (Å²) in [6, 6.07) is 8.00. The third-order valence-electron chi connectivity index (χ3n) is 6.28. The van der Waals surface area contributed by atoms with Crippen molar-refractivity contribution in [2.75, 3.05) is 24.6 Å². The average Bonchev–Trinajstić information content (AvgIpc) is 2.70. The minimum atomic E-state index is -0.312. The number of piperidine rings is 1. The molecule has 1 atom stereocenters. The summed E-state index contributed by atoms with van der Waals surface area (Å²) in [6.07, 6.45) is 6.75. The first-order valence-electron chi connectivity index (χ1n) is 10.7. The Morgan fingerprint density at radius 3 is 2.48 bits per heavy atom. The summed E-state index contributed by atoms with van der Waals surface area (Å²) in [5.74, 6) is -0.144. The van der Waals surface area contributed by atoms with Crippen LogP contribution < -0.4 is 15.5 Å². The summed E-state index contributed by atoms with van der Waals surface area (Å²) in [5.41, 5.74) is 2.00. The number of hydrogen-bond acceptors (Lipinski definition) is 5. The molecule has 1 aromatic carbocycles.